The van der Waals surface area contributed by atoms with Gasteiger partial charge in [0.25, 0.3) is 0 Å². The Morgan fingerprint density at radius 2 is 1.59 bits per heavy atom. The van der Waals surface area contributed by atoms with Crippen molar-refractivity contribution in [3.63, 3.8) is 0 Å². The van der Waals surface area contributed by atoms with E-state index >= 15 is 0 Å². The van der Waals surface area contributed by atoms with Crippen molar-refractivity contribution in [2.75, 3.05) is 20.3 Å². The molecule has 17 heavy (non-hydrogen) atoms. The standard InChI is InChI=1S/C15H29NO/c1-11(2)12-4-6-13(7-5-12)15(16-3)14-8-9-17-10-14/h11-16H,4-10H2,1-3H3. The van der Waals surface area contributed by atoms with Crippen LogP contribution in [0.2, 0.25) is 0 Å². The van der Waals surface area contributed by atoms with E-state index in [4.69, 9.17) is 4.74 Å². The van der Waals surface area contributed by atoms with Crippen LogP contribution >= 0.6 is 0 Å². The molecular formula is C15H29NO. The summed E-state index contributed by atoms with van der Waals surface area (Å²) in [7, 11) is 2.14. The molecule has 2 fully saturated rings. The first-order chi connectivity index (χ1) is 8.22. The predicted molar refractivity (Wildman–Crippen MR) is 72.1 cm³/mol. The zero-order chi connectivity index (χ0) is 12.3. The van der Waals surface area contributed by atoms with Gasteiger partial charge in [0.15, 0.2) is 0 Å². The fourth-order valence-electron chi connectivity index (χ4n) is 3.86. The number of hydrogen-bond donors (Lipinski definition) is 1. The summed E-state index contributed by atoms with van der Waals surface area (Å²) < 4.78 is 5.55. The molecule has 2 nitrogen and oxygen atoms in total. The summed E-state index contributed by atoms with van der Waals surface area (Å²) in [5.41, 5.74) is 0. The lowest BCUT2D eigenvalue weighted by molar-refractivity contribution is 0.138. The quantitative estimate of drug-likeness (QED) is 0.814. The lowest BCUT2D eigenvalue weighted by Gasteiger charge is -2.37. The van der Waals surface area contributed by atoms with Gasteiger partial charge in [-0.3, -0.25) is 0 Å². The van der Waals surface area contributed by atoms with Gasteiger partial charge in [-0.1, -0.05) is 13.8 Å². The summed E-state index contributed by atoms with van der Waals surface area (Å²) in [5.74, 6) is 3.50. The molecular weight excluding hydrogens is 210 g/mol. The van der Waals surface area contributed by atoms with Crippen LogP contribution in [0, 0.1) is 23.7 Å². The van der Waals surface area contributed by atoms with Crippen molar-refractivity contribution < 1.29 is 4.74 Å². The molecule has 0 aromatic heterocycles. The Balaban J connectivity index is 1.85. The molecule has 2 rings (SSSR count). The number of ether oxygens (including phenoxy) is 1. The highest BCUT2D eigenvalue weighted by atomic mass is 16.5. The minimum atomic E-state index is 0.700. The van der Waals surface area contributed by atoms with Crippen LogP contribution in [0.15, 0.2) is 0 Å². The molecule has 2 atom stereocenters. The van der Waals surface area contributed by atoms with Gasteiger partial charge in [-0.15, -0.1) is 0 Å². The lowest BCUT2D eigenvalue weighted by atomic mass is 9.72. The van der Waals surface area contributed by atoms with E-state index in [-0.39, 0.29) is 0 Å². The summed E-state index contributed by atoms with van der Waals surface area (Å²) in [4.78, 5) is 0. The van der Waals surface area contributed by atoms with E-state index in [0.29, 0.717) is 6.04 Å². The van der Waals surface area contributed by atoms with Gasteiger partial charge >= 0.3 is 0 Å². The first kappa shape index (κ1) is 13.4. The molecule has 0 amide bonds. The summed E-state index contributed by atoms with van der Waals surface area (Å²) in [6.07, 6.45) is 6.98. The van der Waals surface area contributed by atoms with E-state index in [1.807, 2.05) is 0 Å². The van der Waals surface area contributed by atoms with Crippen molar-refractivity contribution in [3.8, 4) is 0 Å². The van der Waals surface area contributed by atoms with E-state index in [1.54, 1.807) is 0 Å². The molecule has 1 aliphatic carbocycles. The Labute approximate surface area is 107 Å². The highest BCUT2D eigenvalue weighted by molar-refractivity contribution is 4.87. The zero-order valence-electron chi connectivity index (χ0n) is 11.7. The van der Waals surface area contributed by atoms with Crippen molar-refractivity contribution in [3.05, 3.63) is 0 Å². The predicted octanol–water partition coefficient (Wildman–Crippen LogP) is 3.07. The first-order valence-electron chi connectivity index (χ1n) is 7.47. The molecule has 2 heteroatoms. The van der Waals surface area contributed by atoms with Crippen molar-refractivity contribution in [1.29, 1.82) is 0 Å². The van der Waals surface area contributed by atoms with Crippen LogP contribution < -0.4 is 5.32 Å². The van der Waals surface area contributed by atoms with Crippen molar-refractivity contribution in [2.45, 2.75) is 52.0 Å². The summed E-state index contributed by atoms with van der Waals surface area (Å²) in [6, 6.07) is 0.700. The van der Waals surface area contributed by atoms with Gasteiger partial charge in [0.05, 0.1) is 6.61 Å². The third-order valence-corrected chi connectivity index (χ3v) is 5.07. The molecule has 100 valence electrons. The van der Waals surface area contributed by atoms with Crippen LogP contribution in [0.3, 0.4) is 0 Å². The van der Waals surface area contributed by atoms with Crippen LogP contribution in [-0.4, -0.2) is 26.3 Å². The minimum Gasteiger partial charge on any atom is -0.381 e. The second-order valence-electron chi connectivity index (χ2n) is 6.36. The minimum absolute atomic E-state index is 0.700. The number of nitrogens with one attached hydrogen (secondary N) is 1. The molecule has 0 bridgehead atoms. The monoisotopic (exact) mass is 239 g/mol. The van der Waals surface area contributed by atoms with Crippen LogP contribution in [0.1, 0.15) is 46.0 Å². The second kappa shape index (κ2) is 6.19. The molecule has 1 heterocycles. The van der Waals surface area contributed by atoms with Gasteiger partial charge in [-0.2, -0.15) is 0 Å². The van der Waals surface area contributed by atoms with Gasteiger partial charge in [0.2, 0.25) is 0 Å². The molecule has 2 aliphatic rings. The number of rotatable bonds is 4. The van der Waals surface area contributed by atoms with Gasteiger partial charge in [0, 0.05) is 18.6 Å². The molecule has 1 saturated carbocycles. The van der Waals surface area contributed by atoms with E-state index in [0.717, 1.165) is 36.9 Å². The maximum Gasteiger partial charge on any atom is 0.0510 e. The summed E-state index contributed by atoms with van der Waals surface area (Å²) in [6.45, 7) is 6.72. The Morgan fingerprint density at radius 1 is 0.941 bits per heavy atom. The second-order valence-corrected chi connectivity index (χ2v) is 6.36. The summed E-state index contributed by atoms with van der Waals surface area (Å²) >= 11 is 0. The van der Waals surface area contributed by atoms with Crippen molar-refractivity contribution in [2.24, 2.45) is 23.7 Å². The largest absolute Gasteiger partial charge is 0.381 e. The SMILES string of the molecule is CNC(C1CCC(C(C)C)CC1)C1CCOC1. The van der Waals surface area contributed by atoms with Crippen molar-refractivity contribution in [1.82, 2.24) is 5.32 Å². The van der Waals surface area contributed by atoms with Gasteiger partial charge in [0.1, 0.15) is 0 Å². The van der Waals surface area contributed by atoms with E-state index in [9.17, 15) is 0 Å². The molecule has 2 unspecified atom stereocenters. The molecule has 0 aromatic rings. The molecule has 1 aliphatic heterocycles. The van der Waals surface area contributed by atoms with E-state index in [1.165, 1.54) is 32.1 Å². The Morgan fingerprint density at radius 3 is 2.06 bits per heavy atom. The molecule has 0 radical (unpaired) electrons. The smallest absolute Gasteiger partial charge is 0.0510 e. The Bertz CT molecular complexity index is 215. The van der Waals surface area contributed by atoms with Crippen LogP contribution in [-0.2, 0) is 4.74 Å². The molecule has 1 N–H and O–H groups in total. The van der Waals surface area contributed by atoms with Crippen molar-refractivity contribution >= 4 is 0 Å². The van der Waals surface area contributed by atoms with E-state index in [2.05, 4.69) is 26.2 Å². The Hall–Kier alpha value is -0.0800. The number of hydrogen-bond acceptors (Lipinski definition) is 2. The highest BCUT2D eigenvalue weighted by Gasteiger charge is 2.33. The van der Waals surface area contributed by atoms with Gasteiger partial charge < -0.3 is 10.1 Å². The topological polar surface area (TPSA) is 21.3 Å². The zero-order valence-corrected chi connectivity index (χ0v) is 11.7. The van der Waals surface area contributed by atoms with Crippen LogP contribution in [0.4, 0.5) is 0 Å². The maximum absolute atomic E-state index is 5.55. The molecule has 0 spiro atoms. The third-order valence-electron chi connectivity index (χ3n) is 5.07. The van der Waals surface area contributed by atoms with E-state index < -0.39 is 0 Å². The highest BCUT2D eigenvalue weighted by Crippen LogP contribution is 2.37. The van der Waals surface area contributed by atoms with Gasteiger partial charge in [-0.25, -0.2) is 0 Å². The molecule has 1 saturated heterocycles. The average Bonchev–Trinajstić information content (AvgIpc) is 2.84. The third kappa shape index (κ3) is 3.23. The first-order valence-corrected chi connectivity index (χ1v) is 7.47. The van der Waals surface area contributed by atoms with Crippen LogP contribution in [0.5, 0.6) is 0 Å². The fourth-order valence-corrected chi connectivity index (χ4v) is 3.86. The summed E-state index contributed by atoms with van der Waals surface area (Å²) in [5, 5.41) is 3.58. The fraction of sp³-hybridized carbons (Fsp3) is 1.00. The average molecular weight is 239 g/mol. The van der Waals surface area contributed by atoms with Gasteiger partial charge in [-0.05, 0) is 56.9 Å². The normalized spacial score (nSPS) is 36.4. The maximum atomic E-state index is 5.55. The Kier molecular flexibility index (Phi) is 4.87. The lowest BCUT2D eigenvalue weighted by Crippen LogP contribution is -2.42. The molecule has 0 aromatic carbocycles. The van der Waals surface area contributed by atoms with Crippen LogP contribution in [0.25, 0.3) is 0 Å².